The summed E-state index contributed by atoms with van der Waals surface area (Å²) in [6, 6.07) is 8.32. The van der Waals surface area contributed by atoms with Crippen LogP contribution in [0.3, 0.4) is 0 Å². The first-order valence-corrected chi connectivity index (χ1v) is 10.2. The number of hydrogen-bond acceptors (Lipinski definition) is 4. The van der Waals surface area contributed by atoms with Crippen molar-refractivity contribution >= 4 is 24.0 Å². The number of aliphatic hydroxyl groups is 1. The Morgan fingerprint density at radius 2 is 1.78 bits per heavy atom. The van der Waals surface area contributed by atoms with Crippen LogP contribution in [0, 0.1) is 11.8 Å². The van der Waals surface area contributed by atoms with Crippen LogP contribution in [0.5, 0.6) is 0 Å². The Kier molecular flexibility index (Phi) is 7.01. The highest BCUT2D eigenvalue weighted by Gasteiger charge is 2.42. The predicted octanol–water partition coefficient (Wildman–Crippen LogP) is 2.53. The number of nitrogens with one attached hydrogen (secondary N) is 1. The second kappa shape index (κ2) is 9.26. The lowest BCUT2D eigenvalue weighted by Crippen LogP contribution is -2.41. The van der Waals surface area contributed by atoms with E-state index in [1.54, 1.807) is 0 Å². The van der Waals surface area contributed by atoms with Crippen molar-refractivity contribution in [1.82, 2.24) is 10.2 Å². The van der Waals surface area contributed by atoms with Crippen LogP contribution in [-0.2, 0) is 0 Å². The van der Waals surface area contributed by atoms with Gasteiger partial charge >= 0.3 is 0 Å². The third kappa shape index (κ3) is 4.95. The monoisotopic (exact) mass is 393 g/mol. The van der Waals surface area contributed by atoms with Gasteiger partial charge in [0.25, 0.3) is 5.91 Å². The number of halogens is 1. The average molecular weight is 394 g/mol. The molecule has 0 bridgehead atoms. The molecule has 27 heavy (non-hydrogen) atoms. The van der Waals surface area contributed by atoms with Crippen LogP contribution in [0.4, 0.5) is 5.69 Å². The molecule has 3 aliphatic rings. The van der Waals surface area contributed by atoms with Crippen molar-refractivity contribution in [1.29, 1.82) is 0 Å². The number of rotatable bonds is 6. The number of anilines is 1. The molecule has 2 aliphatic heterocycles. The van der Waals surface area contributed by atoms with E-state index in [4.69, 9.17) is 0 Å². The molecule has 5 nitrogen and oxygen atoms in total. The smallest absolute Gasteiger partial charge is 0.251 e. The molecular formula is C21H32ClN3O2. The van der Waals surface area contributed by atoms with Crippen molar-refractivity contribution in [3.63, 3.8) is 0 Å². The molecule has 1 aromatic rings. The van der Waals surface area contributed by atoms with Gasteiger partial charge in [-0.2, -0.15) is 0 Å². The van der Waals surface area contributed by atoms with Crippen molar-refractivity contribution in [2.75, 3.05) is 44.2 Å². The molecule has 3 fully saturated rings. The van der Waals surface area contributed by atoms with Crippen molar-refractivity contribution in [2.45, 2.75) is 38.1 Å². The molecule has 1 aromatic carbocycles. The number of nitrogens with zero attached hydrogens (tertiary/aromatic N) is 2. The number of carbonyl (C=O) groups excluding carboxylic acids is 1. The summed E-state index contributed by atoms with van der Waals surface area (Å²) in [4.78, 5) is 17.4. The normalized spacial score (nSPS) is 25.9. The molecule has 2 N–H and O–H groups in total. The Bertz CT molecular complexity index is 614. The molecular weight excluding hydrogens is 362 g/mol. The number of piperidine rings is 1. The Morgan fingerprint density at radius 1 is 1.07 bits per heavy atom. The van der Waals surface area contributed by atoms with E-state index >= 15 is 0 Å². The second-order valence-corrected chi connectivity index (χ2v) is 8.16. The largest absolute Gasteiger partial charge is 0.395 e. The highest BCUT2D eigenvalue weighted by Crippen LogP contribution is 2.41. The molecule has 2 atom stereocenters. The number of benzene rings is 1. The fraction of sp³-hybridized carbons (Fsp3) is 0.667. The minimum atomic E-state index is 0. The van der Waals surface area contributed by atoms with Crippen LogP contribution >= 0.6 is 12.4 Å². The quantitative estimate of drug-likeness (QED) is 0.779. The first kappa shape index (κ1) is 20.4. The van der Waals surface area contributed by atoms with E-state index in [1.807, 2.05) is 12.1 Å². The fourth-order valence-electron chi connectivity index (χ4n) is 4.62. The van der Waals surface area contributed by atoms with Gasteiger partial charge in [0.15, 0.2) is 0 Å². The van der Waals surface area contributed by atoms with Gasteiger partial charge in [0.1, 0.15) is 0 Å². The Labute approximate surface area is 168 Å². The van der Waals surface area contributed by atoms with Gasteiger partial charge in [-0.15, -0.1) is 12.4 Å². The summed E-state index contributed by atoms with van der Waals surface area (Å²) in [7, 11) is 0. The van der Waals surface area contributed by atoms with Crippen LogP contribution in [0.2, 0.25) is 0 Å². The SMILES string of the molecule is Cl.O=C(N[C@H]1CN(CCO)C[C@@H]1C1CC1)c1ccc(N2CCCCC2)cc1. The third-order valence-electron chi connectivity index (χ3n) is 6.25. The van der Waals surface area contributed by atoms with Crippen molar-refractivity contribution < 1.29 is 9.90 Å². The standard InChI is InChI=1S/C21H31N3O2.ClH/c25-13-12-23-14-19(16-4-5-16)20(15-23)22-21(26)17-6-8-18(9-7-17)24-10-2-1-3-11-24;/h6-9,16,19-20,25H,1-5,10-15H2,(H,22,26);1H/t19-,20+;/m1./s1. The van der Waals surface area contributed by atoms with Gasteiger partial charge in [0.05, 0.1) is 6.61 Å². The highest BCUT2D eigenvalue weighted by atomic mass is 35.5. The van der Waals surface area contributed by atoms with Crippen LogP contribution in [0.1, 0.15) is 42.5 Å². The van der Waals surface area contributed by atoms with E-state index in [0.717, 1.165) is 37.7 Å². The molecule has 1 amide bonds. The number of carbonyl (C=O) groups is 1. The maximum absolute atomic E-state index is 12.7. The molecule has 1 aliphatic carbocycles. The van der Waals surface area contributed by atoms with Crippen LogP contribution in [0.25, 0.3) is 0 Å². The lowest BCUT2D eigenvalue weighted by molar-refractivity contribution is 0.0928. The van der Waals surface area contributed by atoms with E-state index in [9.17, 15) is 9.90 Å². The topological polar surface area (TPSA) is 55.8 Å². The van der Waals surface area contributed by atoms with Gasteiger partial charge in [-0.25, -0.2) is 0 Å². The van der Waals surface area contributed by atoms with Crippen molar-refractivity contribution in [3.05, 3.63) is 29.8 Å². The molecule has 0 unspecified atom stereocenters. The molecule has 150 valence electrons. The van der Waals surface area contributed by atoms with Crippen molar-refractivity contribution in [3.8, 4) is 0 Å². The zero-order chi connectivity index (χ0) is 17.9. The van der Waals surface area contributed by atoms with E-state index in [1.165, 1.54) is 37.8 Å². The van der Waals surface area contributed by atoms with E-state index in [-0.39, 0.29) is 31.0 Å². The van der Waals surface area contributed by atoms with E-state index in [0.29, 0.717) is 12.5 Å². The summed E-state index contributed by atoms with van der Waals surface area (Å²) < 4.78 is 0. The molecule has 0 radical (unpaired) electrons. The van der Waals surface area contributed by atoms with Crippen molar-refractivity contribution in [2.24, 2.45) is 11.8 Å². The Morgan fingerprint density at radius 3 is 2.41 bits per heavy atom. The van der Waals surface area contributed by atoms with Crippen LogP contribution in [0.15, 0.2) is 24.3 Å². The minimum absolute atomic E-state index is 0. The minimum Gasteiger partial charge on any atom is -0.395 e. The van der Waals surface area contributed by atoms with Crippen LogP contribution < -0.4 is 10.2 Å². The van der Waals surface area contributed by atoms with Gasteiger partial charge in [-0.1, -0.05) is 0 Å². The summed E-state index contributed by atoms with van der Waals surface area (Å²) >= 11 is 0. The van der Waals surface area contributed by atoms with Crippen LogP contribution in [-0.4, -0.2) is 61.3 Å². The molecule has 0 spiro atoms. The lowest BCUT2D eigenvalue weighted by atomic mass is 9.97. The van der Waals surface area contributed by atoms with E-state index < -0.39 is 0 Å². The summed E-state index contributed by atoms with van der Waals surface area (Å²) in [5.41, 5.74) is 1.98. The van der Waals surface area contributed by atoms with Gasteiger partial charge in [-0.3, -0.25) is 9.69 Å². The van der Waals surface area contributed by atoms with Gasteiger partial charge in [-0.05, 0) is 68.2 Å². The van der Waals surface area contributed by atoms with Gasteiger partial charge in [0.2, 0.25) is 0 Å². The molecule has 2 heterocycles. The molecule has 4 rings (SSSR count). The highest BCUT2D eigenvalue weighted by molar-refractivity contribution is 5.94. The number of aliphatic hydroxyl groups excluding tert-OH is 1. The number of β-amino-alcohol motifs (C(OH)–C–C–N with tert-alkyl or cyclic N) is 1. The predicted molar refractivity (Wildman–Crippen MR) is 111 cm³/mol. The summed E-state index contributed by atoms with van der Waals surface area (Å²) in [5.74, 6) is 1.33. The van der Waals surface area contributed by atoms with Gasteiger partial charge in [0, 0.05) is 50.0 Å². The maximum Gasteiger partial charge on any atom is 0.251 e. The summed E-state index contributed by atoms with van der Waals surface area (Å²) in [6.45, 7) is 5.01. The zero-order valence-corrected chi connectivity index (χ0v) is 16.8. The second-order valence-electron chi connectivity index (χ2n) is 8.16. The number of likely N-dealkylation sites (tertiary alicyclic amines) is 1. The Balaban J connectivity index is 0.00000210. The number of hydrogen-bond donors (Lipinski definition) is 2. The number of amides is 1. The average Bonchev–Trinajstić information content (AvgIpc) is 3.45. The third-order valence-corrected chi connectivity index (χ3v) is 6.25. The summed E-state index contributed by atoms with van der Waals surface area (Å²) in [6.07, 6.45) is 6.42. The fourth-order valence-corrected chi connectivity index (χ4v) is 4.62. The Hall–Kier alpha value is -1.30. The maximum atomic E-state index is 12.7. The first-order chi connectivity index (χ1) is 12.7. The van der Waals surface area contributed by atoms with Gasteiger partial charge < -0.3 is 15.3 Å². The first-order valence-electron chi connectivity index (χ1n) is 10.2. The molecule has 1 saturated carbocycles. The van der Waals surface area contributed by atoms with E-state index in [2.05, 4.69) is 27.2 Å². The summed E-state index contributed by atoms with van der Waals surface area (Å²) in [5, 5.41) is 12.5. The molecule has 0 aromatic heterocycles. The molecule has 6 heteroatoms. The molecule has 2 saturated heterocycles. The lowest BCUT2D eigenvalue weighted by Gasteiger charge is -2.28. The zero-order valence-electron chi connectivity index (χ0n) is 16.0.